The molecule has 0 bridgehead atoms. The van der Waals surface area contributed by atoms with Crippen molar-refractivity contribution in [1.82, 2.24) is 15.5 Å². The van der Waals surface area contributed by atoms with E-state index in [0.717, 1.165) is 17.0 Å². The number of aryl methyl sites for hydroxylation is 2. The molecule has 2 rings (SSSR count). The molecule has 6 nitrogen and oxygen atoms in total. The highest BCUT2D eigenvalue weighted by Gasteiger charge is 2.10. The lowest BCUT2D eigenvalue weighted by atomic mass is 10.1. The van der Waals surface area contributed by atoms with Crippen molar-refractivity contribution in [3.05, 3.63) is 46.8 Å². The summed E-state index contributed by atoms with van der Waals surface area (Å²) in [4.78, 5) is 23.2. The van der Waals surface area contributed by atoms with Gasteiger partial charge in [0.2, 0.25) is 5.91 Å². The van der Waals surface area contributed by atoms with Crippen molar-refractivity contribution in [3.8, 4) is 0 Å². The highest BCUT2D eigenvalue weighted by Crippen LogP contribution is 2.12. The molecular formula is C15H18N4O2. The number of anilines is 1. The molecule has 1 heterocycles. The maximum Gasteiger partial charge on any atom is 0.251 e. The smallest absolute Gasteiger partial charge is 0.251 e. The summed E-state index contributed by atoms with van der Waals surface area (Å²) in [5, 5.41) is 12.5. The molecule has 0 saturated heterocycles. The lowest BCUT2D eigenvalue weighted by molar-refractivity contribution is -0.114. The summed E-state index contributed by atoms with van der Waals surface area (Å²) in [6, 6.07) is 6.82. The topological polar surface area (TPSA) is 86.9 Å². The van der Waals surface area contributed by atoms with Gasteiger partial charge in [-0.05, 0) is 32.0 Å². The van der Waals surface area contributed by atoms with Gasteiger partial charge < -0.3 is 10.6 Å². The first-order valence-electron chi connectivity index (χ1n) is 6.63. The van der Waals surface area contributed by atoms with Crippen molar-refractivity contribution in [3.63, 3.8) is 0 Å². The summed E-state index contributed by atoms with van der Waals surface area (Å²) < 4.78 is 0. The highest BCUT2D eigenvalue weighted by molar-refractivity contribution is 5.96. The molecule has 0 spiro atoms. The summed E-state index contributed by atoms with van der Waals surface area (Å²) in [5.74, 6) is -0.362. The average molecular weight is 286 g/mol. The van der Waals surface area contributed by atoms with Crippen molar-refractivity contribution in [2.24, 2.45) is 0 Å². The van der Waals surface area contributed by atoms with Crippen LogP contribution < -0.4 is 10.6 Å². The molecule has 2 aromatic rings. The largest absolute Gasteiger partial charge is 0.348 e. The third kappa shape index (κ3) is 3.68. The van der Waals surface area contributed by atoms with E-state index in [9.17, 15) is 9.59 Å². The zero-order chi connectivity index (χ0) is 15.4. The fourth-order valence-electron chi connectivity index (χ4n) is 2.05. The van der Waals surface area contributed by atoms with Gasteiger partial charge in [-0.2, -0.15) is 5.10 Å². The normalized spacial score (nSPS) is 10.2. The fourth-order valence-corrected chi connectivity index (χ4v) is 2.05. The summed E-state index contributed by atoms with van der Waals surface area (Å²) in [6.45, 7) is 5.65. The third-order valence-corrected chi connectivity index (χ3v) is 3.15. The Kier molecular flexibility index (Phi) is 4.37. The maximum atomic E-state index is 12.1. The van der Waals surface area contributed by atoms with Crippen molar-refractivity contribution in [2.75, 3.05) is 5.32 Å². The van der Waals surface area contributed by atoms with Crippen LogP contribution in [0.3, 0.4) is 0 Å². The van der Waals surface area contributed by atoms with Gasteiger partial charge in [0.1, 0.15) is 0 Å². The van der Waals surface area contributed by atoms with E-state index < -0.39 is 0 Å². The Balaban J connectivity index is 2.05. The second-order valence-electron chi connectivity index (χ2n) is 4.86. The number of nitrogens with one attached hydrogen (secondary N) is 3. The van der Waals surface area contributed by atoms with Crippen LogP contribution in [0.4, 0.5) is 5.69 Å². The molecule has 0 aliphatic heterocycles. The summed E-state index contributed by atoms with van der Waals surface area (Å²) in [7, 11) is 0. The number of hydrogen-bond acceptors (Lipinski definition) is 3. The number of hydrogen-bond donors (Lipinski definition) is 3. The predicted molar refractivity (Wildman–Crippen MR) is 80.0 cm³/mol. The van der Waals surface area contributed by atoms with Crippen molar-refractivity contribution in [2.45, 2.75) is 27.3 Å². The molecule has 1 aromatic carbocycles. The van der Waals surface area contributed by atoms with E-state index in [1.165, 1.54) is 6.92 Å². The Hall–Kier alpha value is -2.63. The number of aromatic nitrogens is 2. The standard InChI is InChI=1S/C15H18N4O2/c1-9-14(10(2)19-18-9)8-16-15(21)12-5-4-6-13(7-12)17-11(3)20/h4-7H,8H2,1-3H3,(H,16,21)(H,17,20)(H,18,19). The Labute approximate surface area is 122 Å². The highest BCUT2D eigenvalue weighted by atomic mass is 16.2. The van der Waals surface area contributed by atoms with Gasteiger partial charge in [-0.1, -0.05) is 6.07 Å². The molecule has 0 aliphatic rings. The number of rotatable bonds is 4. The van der Waals surface area contributed by atoms with E-state index in [4.69, 9.17) is 0 Å². The molecule has 3 N–H and O–H groups in total. The molecule has 0 radical (unpaired) electrons. The Bertz CT molecular complexity index is 657. The van der Waals surface area contributed by atoms with Gasteiger partial charge >= 0.3 is 0 Å². The first kappa shape index (κ1) is 14.8. The summed E-state index contributed by atoms with van der Waals surface area (Å²) in [5.41, 5.74) is 3.91. The van der Waals surface area contributed by atoms with Crippen LogP contribution in [0, 0.1) is 13.8 Å². The third-order valence-electron chi connectivity index (χ3n) is 3.15. The van der Waals surface area contributed by atoms with Crippen LogP contribution in [0.25, 0.3) is 0 Å². The lowest BCUT2D eigenvalue weighted by Gasteiger charge is -2.07. The zero-order valence-electron chi connectivity index (χ0n) is 12.3. The molecule has 21 heavy (non-hydrogen) atoms. The molecule has 6 heteroatoms. The number of amides is 2. The minimum Gasteiger partial charge on any atom is -0.348 e. The molecule has 0 saturated carbocycles. The Morgan fingerprint density at radius 3 is 2.67 bits per heavy atom. The van der Waals surface area contributed by atoms with Gasteiger partial charge in [0.15, 0.2) is 0 Å². The van der Waals surface area contributed by atoms with E-state index in [2.05, 4.69) is 20.8 Å². The predicted octanol–water partition coefficient (Wildman–Crippen LogP) is 1.91. The number of benzene rings is 1. The van der Waals surface area contributed by atoms with Crippen molar-refractivity contribution < 1.29 is 9.59 Å². The number of nitrogens with zero attached hydrogens (tertiary/aromatic N) is 1. The van der Waals surface area contributed by atoms with Crippen LogP contribution in [0.5, 0.6) is 0 Å². The molecule has 1 aromatic heterocycles. The summed E-state index contributed by atoms with van der Waals surface area (Å²) >= 11 is 0. The van der Waals surface area contributed by atoms with Crippen LogP contribution in [0.1, 0.15) is 34.2 Å². The van der Waals surface area contributed by atoms with E-state index in [-0.39, 0.29) is 11.8 Å². The molecule has 2 amide bonds. The molecule has 0 aliphatic carbocycles. The van der Waals surface area contributed by atoms with Crippen LogP contribution in [-0.2, 0) is 11.3 Å². The van der Waals surface area contributed by atoms with E-state index in [1.54, 1.807) is 24.3 Å². The first-order chi connectivity index (χ1) is 9.97. The second-order valence-corrected chi connectivity index (χ2v) is 4.86. The number of carbonyl (C=O) groups is 2. The molecule has 0 unspecified atom stereocenters. The minimum atomic E-state index is -0.192. The van der Waals surface area contributed by atoms with E-state index >= 15 is 0 Å². The SMILES string of the molecule is CC(=O)Nc1cccc(C(=O)NCc2c(C)n[nH]c2C)c1. The fraction of sp³-hybridized carbons (Fsp3) is 0.267. The van der Waals surface area contributed by atoms with Gasteiger partial charge in [0.05, 0.1) is 5.69 Å². The minimum absolute atomic E-state index is 0.169. The molecule has 110 valence electrons. The van der Waals surface area contributed by atoms with Gasteiger partial charge in [-0.25, -0.2) is 0 Å². The van der Waals surface area contributed by atoms with Gasteiger partial charge in [-0.3, -0.25) is 14.7 Å². The maximum absolute atomic E-state index is 12.1. The van der Waals surface area contributed by atoms with Crippen LogP contribution >= 0.6 is 0 Å². The van der Waals surface area contributed by atoms with Crippen molar-refractivity contribution in [1.29, 1.82) is 0 Å². The van der Waals surface area contributed by atoms with Gasteiger partial charge in [0.25, 0.3) is 5.91 Å². The van der Waals surface area contributed by atoms with Gasteiger partial charge in [0, 0.05) is 36.0 Å². The number of H-pyrrole nitrogens is 1. The van der Waals surface area contributed by atoms with Crippen LogP contribution in [0.15, 0.2) is 24.3 Å². The molecule has 0 fully saturated rings. The Morgan fingerprint density at radius 2 is 2.05 bits per heavy atom. The van der Waals surface area contributed by atoms with E-state index in [1.807, 2.05) is 13.8 Å². The zero-order valence-corrected chi connectivity index (χ0v) is 12.3. The second kappa shape index (κ2) is 6.21. The Morgan fingerprint density at radius 1 is 1.29 bits per heavy atom. The monoisotopic (exact) mass is 286 g/mol. The van der Waals surface area contributed by atoms with Gasteiger partial charge in [-0.15, -0.1) is 0 Å². The average Bonchev–Trinajstić information content (AvgIpc) is 2.75. The van der Waals surface area contributed by atoms with Crippen LogP contribution in [0.2, 0.25) is 0 Å². The quantitative estimate of drug-likeness (QED) is 0.802. The lowest BCUT2D eigenvalue weighted by Crippen LogP contribution is -2.23. The first-order valence-corrected chi connectivity index (χ1v) is 6.63. The van der Waals surface area contributed by atoms with Crippen LogP contribution in [-0.4, -0.2) is 22.0 Å². The summed E-state index contributed by atoms with van der Waals surface area (Å²) in [6.07, 6.45) is 0. The molecular weight excluding hydrogens is 268 g/mol. The van der Waals surface area contributed by atoms with Crippen molar-refractivity contribution >= 4 is 17.5 Å². The van der Waals surface area contributed by atoms with E-state index in [0.29, 0.717) is 17.8 Å². The number of carbonyl (C=O) groups excluding carboxylic acids is 2. The molecule has 0 atom stereocenters. The number of aromatic amines is 1.